The molecule has 0 fully saturated rings. The van der Waals surface area contributed by atoms with E-state index in [1.165, 1.54) is 24.3 Å². The van der Waals surface area contributed by atoms with Gasteiger partial charge in [0.2, 0.25) is 0 Å². The van der Waals surface area contributed by atoms with E-state index in [9.17, 15) is 36.6 Å². The Kier molecular flexibility index (Phi) is 7.47. The fourth-order valence-electron chi connectivity index (χ4n) is 4.97. The molecule has 14 heteroatoms. The maximum absolute atomic E-state index is 13.7. The van der Waals surface area contributed by atoms with Gasteiger partial charge in [-0.3, -0.25) is 0 Å². The van der Waals surface area contributed by atoms with Gasteiger partial charge in [0.1, 0.15) is 23.5 Å². The summed E-state index contributed by atoms with van der Waals surface area (Å²) in [6.07, 6.45) is -12.0. The van der Waals surface area contributed by atoms with Crippen LogP contribution in [0, 0.1) is 0 Å². The lowest BCUT2D eigenvalue weighted by atomic mass is 9.99. The van der Waals surface area contributed by atoms with Crippen molar-refractivity contribution < 1.29 is 36.6 Å². The summed E-state index contributed by atoms with van der Waals surface area (Å²) in [6, 6.07) is 16.6. The number of rotatable bonds is 5. The van der Waals surface area contributed by atoms with Crippen molar-refractivity contribution in [2.24, 2.45) is 0 Å². The molecule has 0 amide bonds. The summed E-state index contributed by atoms with van der Waals surface area (Å²) in [4.78, 5) is 8.87. The van der Waals surface area contributed by atoms with Crippen molar-refractivity contribution >= 4 is 38.8 Å². The normalized spacial score (nSPS) is 14.0. The van der Waals surface area contributed by atoms with E-state index >= 15 is 0 Å². The van der Waals surface area contributed by atoms with Gasteiger partial charge in [-0.1, -0.05) is 51.8 Å². The smallest absolute Gasteiger partial charge is 0.384 e. The Morgan fingerprint density at radius 1 is 0.614 bits per heavy atom. The first-order valence-electron chi connectivity index (χ1n) is 12.8. The predicted octanol–water partition coefficient (Wildman–Crippen LogP) is 8.54. The van der Waals surface area contributed by atoms with Crippen molar-refractivity contribution in [2.45, 2.75) is 24.6 Å². The van der Waals surface area contributed by atoms with E-state index in [0.29, 0.717) is 20.6 Å². The number of alkyl halides is 6. The van der Waals surface area contributed by atoms with Gasteiger partial charge in [-0.25, -0.2) is 9.97 Å². The highest BCUT2D eigenvalue weighted by Gasteiger charge is 2.36. The third kappa shape index (κ3) is 5.45. The van der Waals surface area contributed by atoms with Crippen LogP contribution in [-0.4, -0.2) is 29.0 Å². The summed E-state index contributed by atoms with van der Waals surface area (Å²) in [6.45, 7) is 0. The molecule has 0 aliphatic heterocycles. The number of aliphatic hydroxyl groups excluding tert-OH is 2. The average Bonchev–Trinajstić information content (AvgIpc) is 3.54. The molecule has 0 saturated heterocycles. The second-order valence-corrected chi connectivity index (χ2v) is 11.2. The Bertz CT molecular complexity index is 1860. The number of aliphatic hydroxyl groups is 2. The number of nitrogens with zero attached hydrogens (tertiary/aromatic N) is 4. The standard InChI is InChI=1S/C30H18BrClF6N4O2/c31-19-7-1-15(2-8-19)23-25(41-13-17(29(33,34)35)5-11-21(41)39-23)27(43)28(44)26-24(16-3-9-20(32)10-4-16)40-22-12-6-18(14-42(22)26)30(36,37)38/h1-14,27-28,43-44H. The zero-order chi connectivity index (χ0) is 31.6. The van der Waals surface area contributed by atoms with Gasteiger partial charge in [0.25, 0.3) is 0 Å². The summed E-state index contributed by atoms with van der Waals surface area (Å²) in [5.41, 5.74) is -1.63. The maximum Gasteiger partial charge on any atom is 0.417 e. The Labute approximate surface area is 257 Å². The first-order valence-corrected chi connectivity index (χ1v) is 14.0. The second kappa shape index (κ2) is 10.9. The fraction of sp³-hybridized carbons (Fsp3) is 0.133. The van der Waals surface area contributed by atoms with Crippen molar-refractivity contribution in [3.8, 4) is 22.5 Å². The predicted molar refractivity (Wildman–Crippen MR) is 154 cm³/mol. The van der Waals surface area contributed by atoms with Gasteiger partial charge in [-0.05, 0) is 48.5 Å². The Morgan fingerprint density at radius 2 is 1.00 bits per heavy atom. The number of halogens is 8. The van der Waals surface area contributed by atoms with E-state index in [0.717, 1.165) is 45.5 Å². The van der Waals surface area contributed by atoms with Crippen LogP contribution in [0.3, 0.4) is 0 Å². The van der Waals surface area contributed by atoms with E-state index in [1.54, 1.807) is 24.3 Å². The van der Waals surface area contributed by atoms with Gasteiger partial charge in [0, 0.05) is 33.0 Å². The van der Waals surface area contributed by atoms with Gasteiger partial charge >= 0.3 is 12.4 Å². The van der Waals surface area contributed by atoms with Crippen molar-refractivity contribution in [3.05, 3.63) is 117 Å². The third-order valence-electron chi connectivity index (χ3n) is 7.06. The lowest BCUT2D eigenvalue weighted by Gasteiger charge is -2.21. The molecular weight excluding hydrogens is 678 g/mol. The summed E-state index contributed by atoms with van der Waals surface area (Å²) < 4.78 is 85.0. The van der Waals surface area contributed by atoms with E-state index in [-0.39, 0.29) is 34.1 Å². The van der Waals surface area contributed by atoms with E-state index in [2.05, 4.69) is 25.9 Å². The highest BCUT2D eigenvalue weighted by molar-refractivity contribution is 9.10. The maximum atomic E-state index is 13.7. The molecular formula is C30H18BrClF6N4O2. The van der Waals surface area contributed by atoms with Crippen LogP contribution in [-0.2, 0) is 12.4 Å². The van der Waals surface area contributed by atoms with Crippen LogP contribution in [0.5, 0.6) is 0 Å². The molecule has 0 bridgehead atoms. The third-order valence-corrected chi connectivity index (χ3v) is 7.84. The molecule has 0 aliphatic carbocycles. The summed E-state index contributed by atoms with van der Waals surface area (Å²) in [5.74, 6) is 0. The van der Waals surface area contributed by atoms with Crippen LogP contribution in [0.2, 0.25) is 5.02 Å². The lowest BCUT2D eigenvalue weighted by Crippen LogP contribution is -2.17. The summed E-state index contributed by atoms with van der Waals surface area (Å²) in [5, 5.41) is 23.9. The quantitative estimate of drug-likeness (QED) is 0.177. The largest absolute Gasteiger partial charge is 0.417 e. The van der Waals surface area contributed by atoms with Crippen LogP contribution in [0.15, 0.2) is 89.7 Å². The minimum absolute atomic E-state index is 0.0230. The second-order valence-electron chi connectivity index (χ2n) is 9.88. The van der Waals surface area contributed by atoms with Gasteiger partial charge in [0.15, 0.2) is 0 Å². The Morgan fingerprint density at radius 3 is 1.39 bits per heavy atom. The number of pyridine rings is 2. The molecule has 0 spiro atoms. The molecule has 2 unspecified atom stereocenters. The summed E-state index contributed by atoms with van der Waals surface area (Å²) in [7, 11) is 0. The van der Waals surface area contributed by atoms with Crippen LogP contribution < -0.4 is 0 Å². The Balaban J connectivity index is 1.60. The van der Waals surface area contributed by atoms with Crippen LogP contribution in [0.1, 0.15) is 34.7 Å². The zero-order valence-corrected chi connectivity index (χ0v) is 24.3. The minimum atomic E-state index is -4.75. The van der Waals surface area contributed by atoms with Gasteiger partial charge < -0.3 is 19.0 Å². The molecule has 2 N–H and O–H groups in total. The molecule has 44 heavy (non-hydrogen) atoms. The SMILES string of the molecule is OC(c1c(-c2ccc(Cl)cc2)nc2ccc(C(F)(F)F)cn12)C(O)c1c(-c2ccc(Br)cc2)nc2ccc(C(F)(F)F)cn12. The number of hydrogen-bond donors (Lipinski definition) is 2. The lowest BCUT2D eigenvalue weighted by molar-refractivity contribution is -0.138. The monoisotopic (exact) mass is 694 g/mol. The Hall–Kier alpha value is -3.91. The van der Waals surface area contributed by atoms with E-state index < -0.39 is 35.7 Å². The molecule has 0 saturated carbocycles. The van der Waals surface area contributed by atoms with Gasteiger partial charge in [-0.15, -0.1) is 0 Å². The van der Waals surface area contributed by atoms with Crippen molar-refractivity contribution in [1.82, 2.24) is 18.8 Å². The minimum Gasteiger partial charge on any atom is -0.384 e. The number of fused-ring (bicyclic) bond motifs is 2. The molecule has 226 valence electrons. The van der Waals surface area contributed by atoms with Crippen LogP contribution in [0.25, 0.3) is 33.8 Å². The highest BCUT2D eigenvalue weighted by atomic mass is 79.9. The van der Waals surface area contributed by atoms with Crippen molar-refractivity contribution in [3.63, 3.8) is 0 Å². The molecule has 6 aromatic rings. The fourth-order valence-corrected chi connectivity index (χ4v) is 5.36. The highest BCUT2D eigenvalue weighted by Crippen LogP contribution is 2.41. The van der Waals surface area contributed by atoms with Crippen LogP contribution >= 0.6 is 27.5 Å². The summed E-state index contributed by atoms with van der Waals surface area (Å²) >= 11 is 9.34. The first kappa shape index (κ1) is 30.1. The van der Waals surface area contributed by atoms with Crippen molar-refractivity contribution in [1.29, 1.82) is 0 Å². The molecule has 2 atom stereocenters. The zero-order valence-electron chi connectivity index (χ0n) is 21.9. The van der Waals surface area contributed by atoms with E-state index in [1.807, 2.05) is 0 Å². The number of imidazole rings is 2. The number of aromatic nitrogens is 4. The molecule has 6 nitrogen and oxygen atoms in total. The number of benzene rings is 2. The van der Waals surface area contributed by atoms with Crippen molar-refractivity contribution in [2.75, 3.05) is 0 Å². The van der Waals surface area contributed by atoms with Gasteiger partial charge in [0.05, 0.1) is 33.9 Å². The molecule has 0 aliphatic rings. The molecule has 6 rings (SSSR count). The molecule has 4 heterocycles. The average molecular weight is 696 g/mol. The number of hydrogen-bond acceptors (Lipinski definition) is 4. The molecule has 4 aromatic heterocycles. The topological polar surface area (TPSA) is 75.1 Å². The molecule has 2 aromatic carbocycles. The van der Waals surface area contributed by atoms with E-state index in [4.69, 9.17) is 11.6 Å². The molecule has 0 radical (unpaired) electrons. The first-order chi connectivity index (χ1) is 20.7. The van der Waals surface area contributed by atoms with Crippen LogP contribution in [0.4, 0.5) is 26.3 Å². The van der Waals surface area contributed by atoms with Gasteiger partial charge in [-0.2, -0.15) is 26.3 Å².